The minimum absolute atomic E-state index is 0.564. The first-order valence-corrected chi connectivity index (χ1v) is 5.01. The molecular formula is C9H14F7N. The lowest BCUT2D eigenvalue weighted by atomic mass is 10.1. The Bertz CT molecular complexity index is 206. The molecule has 4 atom stereocenters. The fourth-order valence-corrected chi connectivity index (χ4v) is 1.07. The highest BCUT2D eigenvalue weighted by molar-refractivity contribution is 4.74. The van der Waals surface area contributed by atoms with E-state index in [1.54, 1.807) is 0 Å². The molecular weight excluding hydrogens is 255 g/mol. The van der Waals surface area contributed by atoms with Gasteiger partial charge >= 0.3 is 6.30 Å². The second kappa shape index (κ2) is 7.03. The second-order valence-electron chi connectivity index (χ2n) is 3.68. The van der Waals surface area contributed by atoms with E-state index in [0.717, 1.165) is 12.2 Å². The molecule has 0 aliphatic heterocycles. The number of alkyl halides is 7. The molecule has 0 aliphatic carbocycles. The van der Waals surface area contributed by atoms with E-state index in [2.05, 4.69) is 0 Å². The van der Waals surface area contributed by atoms with Gasteiger partial charge in [0.1, 0.15) is 24.7 Å². The zero-order chi connectivity index (χ0) is 13.6. The van der Waals surface area contributed by atoms with E-state index in [4.69, 9.17) is 0 Å². The fraction of sp³-hybridized carbons (Fsp3) is 1.00. The third-order valence-electron chi connectivity index (χ3n) is 2.11. The van der Waals surface area contributed by atoms with Crippen molar-refractivity contribution in [1.29, 1.82) is 0 Å². The molecule has 0 heterocycles. The predicted molar refractivity (Wildman–Crippen MR) is 48.5 cm³/mol. The van der Waals surface area contributed by atoms with Crippen molar-refractivity contribution in [1.82, 2.24) is 5.32 Å². The molecule has 0 radical (unpaired) electrons. The molecule has 104 valence electrons. The van der Waals surface area contributed by atoms with Crippen LogP contribution in [0.25, 0.3) is 0 Å². The quantitative estimate of drug-likeness (QED) is 0.552. The van der Waals surface area contributed by atoms with Crippen molar-refractivity contribution < 1.29 is 30.7 Å². The molecule has 4 unspecified atom stereocenters. The van der Waals surface area contributed by atoms with Crippen molar-refractivity contribution in [3.63, 3.8) is 0 Å². The van der Waals surface area contributed by atoms with Crippen LogP contribution in [0.5, 0.6) is 0 Å². The van der Waals surface area contributed by atoms with Crippen LogP contribution in [-0.2, 0) is 0 Å². The van der Waals surface area contributed by atoms with E-state index in [1.165, 1.54) is 0 Å². The Morgan fingerprint density at radius 3 is 1.76 bits per heavy atom. The summed E-state index contributed by atoms with van der Waals surface area (Å²) >= 11 is 0. The SMILES string of the molecule is CC(F)C(F)CCC(F)C(F)CNC(F)(F)F. The van der Waals surface area contributed by atoms with Crippen LogP contribution in [0.1, 0.15) is 19.8 Å². The summed E-state index contributed by atoms with van der Waals surface area (Å²) in [5.74, 6) is 0. The average molecular weight is 269 g/mol. The van der Waals surface area contributed by atoms with Crippen LogP contribution in [0.3, 0.4) is 0 Å². The molecule has 0 aromatic rings. The van der Waals surface area contributed by atoms with E-state index >= 15 is 0 Å². The van der Waals surface area contributed by atoms with Crippen molar-refractivity contribution in [2.75, 3.05) is 6.54 Å². The molecule has 0 amide bonds. The lowest BCUT2D eigenvalue weighted by molar-refractivity contribution is -0.160. The van der Waals surface area contributed by atoms with Crippen LogP contribution in [-0.4, -0.2) is 37.5 Å². The van der Waals surface area contributed by atoms with Crippen LogP contribution in [0.2, 0.25) is 0 Å². The maximum atomic E-state index is 12.9. The van der Waals surface area contributed by atoms with Crippen molar-refractivity contribution in [3.05, 3.63) is 0 Å². The Labute approximate surface area is 94.4 Å². The van der Waals surface area contributed by atoms with Crippen LogP contribution in [0, 0.1) is 0 Å². The molecule has 0 aromatic heterocycles. The summed E-state index contributed by atoms with van der Waals surface area (Å²) in [6.45, 7) is -0.317. The highest BCUT2D eigenvalue weighted by atomic mass is 19.4. The molecule has 1 nitrogen and oxygen atoms in total. The van der Waals surface area contributed by atoms with Crippen LogP contribution < -0.4 is 5.32 Å². The highest BCUT2D eigenvalue weighted by Gasteiger charge is 2.31. The van der Waals surface area contributed by atoms with Gasteiger partial charge in [0.25, 0.3) is 0 Å². The first kappa shape index (κ1) is 16.5. The van der Waals surface area contributed by atoms with Crippen LogP contribution in [0.15, 0.2) is 0 Å². The molecule has 0 saturated heterocycles. The van der Waals surface area contributed by atoms with Gasteiger partial charge in [0, 0.05) is 6.54 Å². The Kier molecular flexibility index (Phi) is 6.81. The van der Waals surface area contributed by atoms with Gasteiger partial charge in [-0.2, -0.15) is 13.2 Å². The molecule has 8 heteroatoms. The topological polar surface area (TPSA) is 12.0 Å². The molecule has 0 bridgehead atoms. The van der Waals surface area contributed by atoms with E-state index < -0.39 is 50.4 Å². The van der Waals surface area contributed by atoms with Gasteiger partial charge in [0.2, 0.25) is 0 Å². The molecule has 0 spiro atoms. The Morgan fingerprint density at radius 1 is 0.882 bits per heavy atom. The van der Waals surface area contributed by atoms with E-state index in [1.807, 2.05) is 0 Å². The summed E-state index contributed by atoms with van der Waals surface area (Å²) in [6, 6.07) is 0. The van der Waals surface area contributed by atoms with Crippen LogP contribution >= 0.6 is 0 Å². The van der Waals surface area contributed by atoms with Gasteiger partial charge in [-0.1, -0.05) is 0 Å². The minimum Gasteiger partial charge on any atom is -0.245 e. The second-order valence-corrected chi connectivity index (χ2v) is 3.68. The van der Waals surface area contributed by atoms with Gasteiger partial charge in [0.05, 0.1) is 0 Å². The van der Waals surface area contributed by atoms with Gasteiger partial charge in [-0.3, -0.25) is 0 Å². The molecule has 0 saturated carbocycles. The van der Waals surface area contributed by atoms with Crippen molar-refractivity contribution in [2.24, 2.45) is 0 Å². The first-order valence-electron chi connectivity index (χ1n) is 5.01. The highest BCUT2D eigenvalue weighted by Crippen LogP contribution is 2.17. The van der Waals surface area contributed by atoms with Crippen molar-refractivity contribution in [2.45, 2.75) is 50.8 Å². The van der Waals surface area contributed by atoms with E-state index in [9.17, 15) is 30.7 Å². The predicted octanol–water partition coefficient (Wildman–Crippen LogP) is 3.25. The number of halogens is 7. The lowest BCUT2D eigenvalue weighted by Gasteiger charge is -2.17. The van der Waals surface area contributed by atoms with E-state index in [0.29, 0.717) is 0 Å². The Morgan fingerprint density at radius 2 is 1.35 bits per heavy atom. The summed E-state index contributed by atoms with van der Waals surface area (Å²) < 4.78 is 85.5. The molecule has 0 aromatic carbocycles. The van der Waals surface area contributed by atoms with Gasteiger partial charge < -0.3 is 0 Å². The summed E-state index contributed by atoms with van der Waals surface area (Å²) in [6.07, 6.45) is -14.4. The normalized spacial score (nSPS) is 19.8. The maximum Gasteiger partial charge on any atom is 0.457 e. The van der Waals surface area contributed by atoms with Crippen molar-refractivity contribution >= 4 is 0 Å². The smallest absolute Gasteiger partial charge is 0.245 e. The third-order valence-corrected chi connectivity index (χ3v) is 2.11. The largest absolute Gasteiger partial charge is 0.457 e. The average Bonchev–Trinajstić information content (AvgIpc) is 2.20. The first-order chi connectivity index (χ1) is 7.63. The van der Waals surface area contributed by atoms with Gasteiger partial charge in [-0.15, -0.1) is 0 Å². The number of hydrogen-bond acceptors (Lipinski definition) is 1. The maximum absolute atomic E-state index is 12.9. The van der Waals surface area contributed by atoms with Gasteiger partial charge in [-0.25, -0.2) is 22.9 Å². The summed E-state index contributed by atoms with van der Waals surface area (Å²) in [5, 5.41) is 0.830. The monoisotopic (exact) mass is 269 g/mol. The van der Waals surface area contributed by atoms with E-state index in [-0.39, 0.29) is 0 Å². The Balaban J connectivity index is 3.86. The molecule has 0 rings (SSSR count). The summed E-state index contributed by atoms with van der Waals surface area (Å²) in [5.41, 5.74) is 0. The molecule has 0 fully saturated rings. The summed E-state index contributed by atoms with van der Waals surface area (Å²) in [7, 11) is 0. The number of hydrogen-bond donors (Lipinski definition) is 1. The van der Waals surface area contributed by atoms with Crippen molar-refractivity contribution in [3.8, 4) is 0 Å². The number of rotatable bonds is 7. The standard InChI is InChI=1S/C9H14F7N/c1-5(10)6(11)2-3-7(12)8(13)4-17-9(14,15)16/h5-8,17H,2-4H2,1H3. The molecule has 17 heavy (non-hydrogen) atoms. The van der Waals surface area contributed by atoms with Gasteiger partial charge in [0.15, 0.2) is 0 Å². The number of nitrogens with one attached hydrogen (secondary N) is 1. The van der Waals surface area contributed by atoms with Gasteiger partial charge in [-0.05, 0) is 19.8 Å². The summed E-state index contributed by atoms with van der Waals surface area (Å²) in [4.78, 5) is 0. The zero-order valence-corrected chi connectivity index (χ0v) is 9.08. The lowest BCUT2D eigenvalue weighted by Crippen LogP contribution is -2.39. The molecule has 0 aliphatic rings. The third kappa shape index (κ3) is 8.23. The fourth-order valence-electron chi connectivity index (χ4n) is 1.07. The Hall–Kier alpha value is -0.530. The zero-order valence-electron chi connectivity index (χ0n) is 9.08. The van der Waals surface area contributed by atoms with Crippen LogP contribution in [0.4, 0.5) is 30.7 Å². The minimum atomic E-state index is -4.79. The molecule has 1 N–H and O–H groups in total.